The Hall–Kier alpha value is -0.900. The molecule has 1 heterocycles. The Morgan fingerprint density at radius 1 is 1.38 bits per heavy atom. The predicted octanol–water partition coefficient (Wildman–Crippen LogP) is 1.80. The van der Waals surface area contributed by atoms with E-state index in [9.17, 15) is 9.18 Å². The molecule has 3 nitrogen and oxygen atoms in total. The predicted molar refractivity (Wildman–Crippen MR) is 62.7 cm³/mol. The molecular formula is C12H21FN2O. The van der Waals surface area contributed by atoms with Gasteiger partial charge in [0.05, 0.1) is 0 Å². The molecule has 1 saturated heterocycles. The average molecular weight is 228 g/mol. The van der Waals surface area contributed by atoms with Crippen LogP contribution < -0.4 is 0 Å². The van der Waals surface area contributed by atoms with Crippen molar-refractivity contribution in [2.45, 2.75) is 39.3 Å². The second kappa shape index (κ2) is 4.53. The molecule has 92 valence electrons. The highest BCUT2D eigenvalue weighted by Crippen LogP contribution is 2.20. The SMILES string of the molecule is C=C(F)C(=O)N1CCN(C(C)(C)C)C[C@H]1C. The minimum Gasteiger partial charge on any atom is -0.331 e. The minimum absolute atomic E-state index is 0.0352. The Bertz CT molecular complexity index is 296. The highest BCUT2D eigenvalue weighted by molar-refractivity contribution is 5.90. The van der Waals surface area contributed by atoms with Crippen molar-refractivity contribution in [2.75, 3.05) is 19.6 Å². The fourth-order valence-electron chi connectivity index (χ4n) is 2.02. The van der Waals surface area contributed by atoms with E-state index in [0.29, 0.717) is 6.54 Å². The van der Waals surface area contributed by atoms with E-state index in [2.05, 4.69) is 32.3 Å². The van der Waals surface area contributed by atoms with E-state index in [1.54, 1.807) is 4.90 Å². The molecule has 0 radical (unpaired) electrons. The number of carbonyl (C=O) groups excluding carboxylic acids is 1. The molecule has 0 unspecified atom stereocenters. The van der Waals surface area contributed by atoms with Crippen LogP contribution in [-0.2, 0) is 4.79 Å². The fraction of sp³-hybridized carbons (Fsp3) is 0.750. The minimum atomic E-state index is -0.865. The van der Waals surface area contributed by atoms with Crippen LogP contribution in [0.1, 0.15) is 27.7 Å². The zero-order chi connectivity index (χ0) is 12.5. The van der Waals surface area contributed by atoms with Gasteiger partial charge < -0.3 is 4.90 Å². The second-order valence-electron chi connectivity index (χ2n) is 5.37. The topological polar surface area (TPSA) is 23.6 Å². The molecule has 1 amide bonds. The van der Waals surface area contributed by atoms with Gasteiger partial charge in [0.1, 0.15) is 0 Å². The van der Waals surface area contributed by atoms with Gasteiger partial charge in [0, 0.05) is 31.2 Å². The Kier molecular flexibility index (Phi) is 3.73. The van der Waals surface area contributed by atoms with Crippen LogP contribution >= 0.6 is 0 Å². The molecular weight excluding hydrogens is 207 g/mol. The first-order chi connectivity index (χ1) is 7.23. The molecule has 1 fully saturated rings. The number of hydrogen-bond donors (Lipinski definition) is 0. The third kappa shape index (κ3) is 2.82. The summed E-state index contributed by atoms with van der Waals surface area (Å²) >= 11 is 0. The Balaban J connectivity index is 2.66. The first-order valence-electron chi connectivity index (χ1n) is 5.64. The van der Waals surface area contributed by atoms with Gasteiger partial charge in [-0.2, -0.15) is 0 Å². The summed E-state index contributed by atoms with van der Waals surface area (Å²) in [5.74, 6) is -1.43. The Morgan fingerprint density at radius 2 is 1.94 bits per heavy atom. The largest absolute Gasteiger partial charge is 0.331 e. The van der Waals surface area contributed by atoms with Gasteiger partial charge in [-0.1, -0.05) is 6.58 Å². The van der Waals surface area contributed by atoms with Crippen molar-refractivity contribution in [3.8, 4) is 0 Å². The van der Waals surface area contributed by atoms with Crippen LogP contribution in [0.3, 0.4) is 0 Å². The summed E-state index contributed by atoms with van der Waals surface area (Å²) < 4.78 is 12.8. The van der Waals surface area contributed by atoms with E-state index in [0.717, 1.165) is 13.1 Å². The van der Waals surface area contributed by atoms with Gasteiger partial charge in [-0.15, -0.1) is 0 Å². The van der Waals surface area contributed by atoms with E-state index < -0.39 is 11.7 Å². The van der Waals surface area contributed by atoms with Crippen LogP contribution in [0.4, 0.5) is 4.39 Å². The van der Waals surface area contributed by atoms with E-state index in [1.807, 2.05) is 6.92 Å². The van der Waals surface area contributed by atoms with Crippen LogP contribution in [0.15, 0.2) is 12.4 Å². The Labute approximate surface area is 96.9 Å². The molecule has 1 rings (SSSR count). The average Bonchev–Trinajstić information content (AvgIpc) is 2.15. The first-order valence-corrected chi connectivity index (χ1v) is 5.64. The lowest BCUT2D eigenvalue weighted by Crippen LogP contribution is -2.58. The molecule has 0 spiro atoms. The van der Waals surface area contributed by atoms with E-state index >= 15 is 0 Å². The molecule has 0 bridgehead atoms. The Morgan fingerprint density at radius 3 is 2.31 bits per heavy atom. The molecule has 0 aromatic carbocycles. The number of rotatable bonds is 1. The van der Waals surface area contributed by atoms with Gasteiger partial charge in [0.15, 0.2) is 5.83 Å². The molecule has 1 aliphatic rings. The van der Waals surface area contributed by atoms with Gasteiger partial charge in [0.2, 0.25) is 0 Å². The summed E-state index contributed by atoms with van der Waals surface area (Å²) in [5, 5.41) is 0. The highest BCUT2D eigenvalue weighted by atomic mass is 19.1. The van der Waals surface area contributed by atoms with Crippen molar-refractivity contribution in [3.05, 3.63) is 12.4 Å². The molecule has 1 aliphatic heterocycles. The van der Waals surface area contributed by atoms with Crippen molar-refractivity contribution in [2.24, 2.45) is 0 Å². The van der Waals surface area contributed by atoms with Gasteiger partial charge in [-0.25, -0.2) is 4.39 Å². The van der Waals surface area contributed by atoms with Crippen molar-refractivity contribution < 1.29 is 9.18 Å². The van der Waals surface area contributed by atoms with Gasteiger partial charge >= 0.3 is 0 Å². The maximum absolute atomic E-state index is 12.8. The number of amides is 1. The monoisotopic (exact) mass is 228 g/mol. The molecule has 0 aromatic rings. The number of halogens is 1. The smallest absolute Gasteiger partial charge is 0.282 e. The summed E-state index contributed by atoms with van der Waals surface area (Å²) in [6.07, 6.45) is 0. The maximum Gasteiger partial charge on any atom is 0.282 e. The van der Waals surface area contributed by atoms with Gasteiger partial charge in [-0.05, 0) is 27.7 Å². The van der Waals surface area contributed by atoms with Crippen molar-refractivity contribution >= 4 is 5.91 Å². The molecule has 0 N–H and O–H groups in total. The normalized spacial score (nSPS) is 23.3. The summed E-state index contributed by atoms with van der Waals surface area (Å²) in [6.45, 7) is 13.6. The standard InChI is InChI=1S/C12H21FN2O/c1-9-8-14(12(3,4)5)6-7-15(9)11(16)10(2)13/h9H,2,6-8H2,1,3-5H3/t9-/m1/s1. The zero-order valence-electron chi connectivity index (χ0n) is 10.6. The zero-order valence-corrected chi connectivity index (χ0v) is 10.6. The van der Waals surface area contributed by atoms with Crippen molar-refractivity contribution in [1.29, 1.82) is 0 Å². The summed E-state index contributed by atoms with van der Waals surface area (Å²) in [4.78, 5) is 15.4. The van der Waals surface area contributed by atoms with Crippen LogP contribution in [0.25, 0.3) is 0 Å². The van der Waals surface area contributed by atoms with E-state index in [4.69, 9.17) is 0 Å². The molecule has 0 aliphatic carbocycles. The summed E-state index contributed by atoms with van der Waals surface area (Å²) in [7, 11) is 0. The summed E-state index contributed by atoms with van der Waals surface area (Å²) in [5.41, 5.74) is 0.0934. The van der Waals surface area contributed by atoms with Crippen LogP contribution in [0.5, 0.6) is 0 Å². The van der Waals surface area contributed by atoms with Crippen LogP contribution in [0.2, 0.25) is 0 Å². The maximum atomic E-state index is 12.8. The number of hydrogen-bond acceptors (Lipinski definition) is 2. The quantitative estimate of drug-likeness (QED) is 0.639. The number of carbonyl (C=O) groups is 1. The third-order valence-electron chi connectivity index (χ3n) is 3.07. The molecule has 16 heavy (non-hydrogen) atoms. The lowest BCUT2D eigenvalue weighted by molar-refractivity contribution is -0.134. The molecule has 0 aromatic heterocycles. The highest BCUT2D eigenvalue weighted by Gasteiger charge is 2.32. The van der Waals surface area contributed by atoms with Crippen molar-refractivity contribution in [1.82, 2.24) is 9.80 Å². The number of nitrogens with zero attached hydrogens (tertiary/aromatic N) is 2. The first kappa shape index (κ1) is 13.2. The molecule has 0 saturated carbocycles. The van der Waals surface area contributed by atoms with Crippen LogP contribution in [0, 0.1) is 0 Å². The second-order valence-corrected chi connectivity index (χ2v) is 5.37. The number of piperazine rings is 1. The van der Waals surface area contributed by atoms with E-state index in [-0.39, 0.29) is 11.6 Å². The van der Waals surface area contributed by atoms with E-state index in [1.165, 1.54) is 0 Å². The lowest BCUT2D eigenvalue weighted by atomic mass is 10.0. The lowest BCUT2D eigenvalue weighted by Gasteiger charge is -2.45. The summed E-state index contributed by atoms with van der Waals surface area (Å²) in [6, 6.07) is 0.0352. The molecule has 4 heteroatoms. The third-order valence-corrected chi connectivity index (χ3v) is 3.07. The van der Waals surface area contributed by atoms with Gasteiger partial charge in [-0.3, -0.25) is 9.69 Å². The van der Waals surface area contributed by atoms with Crippen LogP contribution in [-0.4, -0.2) is 46.9 Å². The van der Waals surface area contributed by atoms with Gasteiger partial charge in [0.25, 0.3) is 5.91 Å². The van der Waals surface area contributed by atoms with Crippen molar-refractivity contribution in [3.63, 3.8) is 0 Å². The molecule has 1 atom stereocenters. The fourth-order valence-corrected chi connectivity index (χ4v) is 2.02.